The second-order valence-corrected chi connectivity index (χ2v) is 7.60. The third kappa shape index (κ3) is 4.43. The number of thiophene rings is 1. The predicted octanol–water partition coefficient (Wildman–Crippen LogP) is 4.88. The van der Waals surface area contributed by atoms with Crippen molar-refractivity contribution in [3.63, 3.8) is 0 Å². The quantitative estimate of drug-likeness (QED) is 0.598. The molecule has 0 aliphatic carbocycles. The van der Waals surface area contributed by atoms with E-state index in [2.05, 4.69) is 5.32 Å². The Bertz CT molecular complexity index is 1020. The molecule has 3 aromatic rings. The molecule has 1 N–H and O–H groups in total. The number of ether oxygens (including phenoxy) is 2. The van der Waals surface area contributed by atoms with Crippen LogP contribution in [-0.4, -0.2) is 19.0 Å². The first kappa shape index (κ1) is 19.7. The van der Waals surface area contributed by atoms with Crippen molar-refractivity contribution >= 4 is 28.2 Å². The monoisotopic (exact) mass is 399 g/mol. The predicted molar refractivity (Wildman–Crippen MR) is 107 cm³/mol. The van der Waals surface area contributed by atoms with Gasteiger partial charge in [0.2, 0.25) is 0 Å². The second kappa shape index (κ2) is 8.31. The van der Waals surface area contributed by atoms with Crippen molar-refractivity contribution in [3.8, 4) is 5.75 Å². The van der Waals surface area contributed by atoms with Crippen LogP contribution in [0.4, 0.5) is 5.00 Å². The van der Waals surface area contributed by atoms with E-state index < -0.39 is 11.9 Å². The maximum Gasteiger partial charge on any atom is 0.340 e. The minimum atomic E-state index is -0.499. The molecule has 3 rings (SSSR count). The largest absolute Gasteiger partial charge is 0.486 e. The van der Waals surface area contributed by atoms with Crippen LogP contribution in [0.2, 0.25) is 0 Å². The Kier molecular flexibility index (Phi) is 5.84. The number of carbonyl (C=O) groups is 2. The smallest absolute Gasteiger partial charge is 0.340 e. The maximum atomic E-state index is 12.5. The molecule has 2 heterocycles. The van der Waals surface area contributed by atoms with E-state index in [9.17, 15) is 9.59 Å². The minimum Gasteiger partial charge on any atom is -0.486 e. The third-order valence-corrected chi connectivity index (χ3v) is 5.20. The molecular formula is C21H21NO5S. The van der Waals surface area contributed by atoms with Crippen molar-refractivity contribution in [1.82, 2.24) is 0 Å². The van der Waals surface area contributed by atoms with Crippen molar-refractivity contribution in [2.45, 2.75) is 27.4 Å². The second-order valence-electron chi connectivity index (χ2n) is 6.35. The zero-order valence-electron chi connectivity index (χ0n) is 16.1. The van der Waals surface area contributed by atoms with E-state index in [1.807, 2.05) is 39.0 Å². The lowest BCUT2D eigenvalue weighted by Crippen LogP contribution is -2.13. The normalized spacial score (nSPS) is 10.6. The molecule has 1 amide bonds. The number of anilines is 1. The lowest BCUT2D eigenvalue weighted by Gasteiger charge is -2.07. The van der Waals surface area contributed by atoms with Crippen molar-refractivity contribution in [1.29, 1.82) is 0 Å². The molecule has 2 aromatic heterocycles. The molecule has 1 aromatic carbocycles. The highest BCUT2D eigenvalue weighted by molar-refractivity contribution is 7.16. The van der Waals surface area contributed by atoms with Crippen LogP contribution in [0.15, 0.2) is 40.8 Å². The molecule has 0 unspecified atom stereocenters. The summed E-state index contributed by atoms with van der Waals surface area (Å²) in [5.41, 5.74) is 2.66. The number of amides is 1. The Hall–Kier alpha value is -3.06. The first-order chi connectivity index (χ1) is 13.4. The number of esters is 1. The van der Waals surface area contributed by atoms with Crippen LogP contribution in [0.3, 0.4) is 0 Å². The lowest BCUT2D eigenvalue weighted by molar-refractivity contribution is 0.0602. The fraction of sp³-hybridized carbons (Fsp3) is 0.238. The summed E-state index contributed by atoms with van der Waals surface area (Å²) in [5, 5.41) is 3.14. The number of hydrogen-bond donors (Lipinski definition) is 1. The van der Waals surface area contributed by atoms with E-state index in [4.69, 9.17) is 13.9 Å². The highest BCUT2D eigenvalue weighted by Gasteiger charge is 2.19. The van der Waals surface area contributed by atoms with E-state index in [1.165, 1.54) is 24.0 Å². The van der Waals surface area contributed by atoms with Gasteiger partial charge in [-0.3, -0.25) is 4.79 Å². The number of rotatable bonds is 6. The third-order valence-electron chi connectivity index (χ3n) is 4.23. The first-order valence-electron chi connectivity index (χ1n) is 8.66. The van der Waals surface area contributed by atoms with Gasteiger partial charge in [0.05, 0.1) is 12.7 Å². The van der Waals surface area contributed by atoms with E-state index in [1.54, 1.807) is 18.2 Å². The fourth-order valence-corrected chi connectivity index (χ4v) is 3.46. The maximum absolute atomic E-state index is 12.5. The summed E-state index contributed by atoms with van der Waals surface area (Å²) in [6.45, 7) is 6.12. The molecule has 0 atom stereocenters. The molecule has 0 radical (unpaired) electrons. The number of aryl methyl sites for hydroxylation is 3. The molecule has 6 nitrogen and oxygen atoms in total. The Balaban J connectivity index is 1.66. The van der Waals surface area contributed by atoms with Crippen LogP contribution in [0.5, 0.6) is 5.75 Å². The SMILES string of the molecule is COC(=O)c1cc(C)sc1NC(=O)c1ccc(COc2ccc(C)c(C)c2)o1. The Morgan fingerprint density at radius 3 is 2.57 bits per heavy atom. The summed E-state index contributed by atoms with van der Waals surface area (Å²) in [6, 6.07) is 10.8. The summed E-state index contributed by atoms with van der Waals surface area (Å²) in [4.78, 5) is 25.2. The summed E-state index contributed by atoms with van der Waals surface area (Å²) in [5.74, 6) is 0.466. The van der Waals surface area contributed by atoms with Gasteiger partial charge in [-0.15, -0.1) is 11.3 Å². The molecule has 0 spiro atoms. The van der Waals surface area contributed by atoms with Crippen LogP contribution in [0.25, 0.3) is 0 Å². The van der Waals surface area contributed by atoms with Crippen molar-refractivity contribution in [2.75, 3.05) is 12.4 Å². The van der Waals surface area contributed by atoms with Gasteiger partial charge in [0.25, 0.3) is 5.91 Å². The van der Waals surface area contributed by atoms with Crippen molar-refractivity contribution in [2.24, 2.45) is 0 Å². The average Bonchev–Trinajstić information content (AvgIpc) is 3.28. The minimum absolute atomic E-state index is 0.139. The van der Waals surface area contributed by atoms with Gasteiger partial charge in [-0.25, -0.2) is 4.79 Å². The lowest BCUT2D eigenvalue weighted by atomic mass is 10.1. The topological polar surface area (TPSA) is 77.8 Å². The van der Waals surface area contributed by atoms with E-state index in [-0.39, 0.29) is 12.4 Å². The van der Waals surface area contributed by atoms with Gasteiger partial charge in [-0.1, -0.05) is 6.07 Å². The molecule has 0 fully saturated rings. The van der Waals surface area contributed by atoms with Crippen LogP contribution < -0.4 is 10.1 Å². The molecule has 7 heteroatoms. The van der Waals surface area contributed by atoms with E-state index in [0.717, 1.165) is 16.2 Å². The van der Waals surface area contributed by atoms with Crippen LogP contribution >= 0.6 is 11.3 Å². The van der Waals surface area contributed by atoms with E-state index >= 15 is 0 Å². The summed E-state index contributed by atoms with van der Waals surface area (Å²) in [7, 11) is 1.30. The number of nitrogens with one attached hydrogen (secondary N) is 1. The zero-order valence-corrected chi connectivity index (χ0v) is 16.9. The fourth-order valence-electron chi connectivity index (χ4n) is 2.57. The number of methoxy groups -OCH3 is 1. The number of benzene rings is 1. The van der Waals surface area contributed by atoms with Crippen molar-refractivity contribution in [3.05, 3.63) is 69.5 Å². The van der Waals surface area contributed by atoms with E-state index in [0.29, 0.717) is 16.3 Å². The molecule has 146 valence electrons. The molecular weight excluding hydrogens is 378 g/mol. The molecule has 0 bridgehead atoms. The average molecular weight is 399 g/mol. The Morgan fingerprint density at radius 1 is 1.07 bits per heavy atom. The zero-order chi connectivity index (χ0) is 20.3. The molecule has 0 saturated carbocycles. The van der Waals surface area contributed by atoms with Gasteiger partial charge in [0.15, 0.2) is 5.76 Å². The molecule has 0 aliphatic heterocycles. The van der Waals surface area contributed by atoms with Gasteiger partial charge < -0.3 is 19.2 Å². The number of furan rings is 1. The molecule has 0 saturated heterocycles. The standard InChI is InChI=1S/C21H21NO5S/c1-12-5-6-15(9-13(12)2)26-11-16-7-8-18(27-16)19(23)22-20-17(21(24)25-4)10-14(3)28-20/h5-10H,11H2,1-4H3,(H,22,23). The van der Waals surface area contributed by atoms with Gasteiger partial charge in [-0.05, 0) is 62.2 Å². The van der Waals surface area contributed by atoms with Crippen LogP contribution in [0.1, 0.15) is 42.7 Å². The van der Waals surface area contributed by atoms with Gasteiger partial charge in [0.1, 0.15) is 23.1 Å². The molecule has 0 aliphatic rings. The highest BCUT2D eigenvalue weighted by Crippen LogP contribution is 2.29. The number of carbonyl (C=O) groups excluding carboxylic acids is 2. The highest BCUT2D eigenvalue weighted by atomic mass is 32.1. The van der Waals surface area contributed by atoms with Crippen LogP contribution in [-0.2, 0) is 11.3 Å². The van der Waals surface area contributed by atoms with Crippen LogP contribution in [0, 0.1) is 20.8 Å². The number of hydrogen-bond acceptors (Lipinski definition) is 6. The Labute approximate surface area is 167 Å². The summed E-state index contributed by atoms with van der Waals surface area (Å²) >= 11 is 1.30. The Morgan fingerprint density at radius 2 is 1.86 bits per heavy atom. The first-order valence-corrected chi connectivity index (χ1v) is 9.48. The summed E-state index contributed by atoms with van der Waals surface area (Å²) < 4.78 is 16.0. The van der Waals surface area contributed by atoms with Gasteiger partial charge in [-0.2, -0.15) is 0 Å². The van der Waals surface area contributed by atoms with Gasteiger partial charge >= 0.3 is 5.97 Å². The van der Waals surface area contributed by atoms with Gasteiger partial charge in [0, 0.05) is 4.88 Å². The van der Waals surface area contributed by atoms with Crippen molar-refractivity contribution < 1.29 is 23.5 Å². The molecule has 28 heavy (non-hydrogen) atoms. The summed E-state index contributed by atoms with van der Waals surface area (Å²) in [6.07, 6.45) is 0.